The average Bonchev–Trinajstić information content (AvgIpc) is 3.13. The Labute approximate surface area is 165 Å². The standard InChI is InChI=1S/C21H20N4O4/c1-29-14-6-7-15-13(11-23-18(15)10-14)8-9-22-19(26)12-25-20(27)16-4-2-3-5-17(16)24-21(25)28/h2-7,10-11,23H,8-9,12H2,1H3,(H,22,26)(H,24,28). The molecular weight excluding hydrogens is 372 g/mol. The van der Waals surface area contributed by atoms with E-state index in [4.69, 9.17) is 4.74 Å². The number of rotatable bonds is 6. The summed E-state index contributed by atoms with van der Waals surface area (Å²) in [7, 11) is 1.62. The van der Waals surface area contributed by atoms with Gasteiger partial charge in [-0.05, 0) is 36.2 Å². The lowest BCUT2D eigenvalue weighted by atomic mass is 10.1. The Hall–Kier alpha value is -3.81. The van der Waals surface area contributed by atoms with Crippen LogP contribution in [0.4, 0.5) is 0 Å². The van der Waals surface area contributed by atoms with Crippen molar-refractivity contribution in [3.8, 4) is 5.75 Å². The zero-order valence-corrected chi connectivity index (χ0v) is 15.8. The number of hydrogen-bond acceptors (Lipinski definition) is 4. The normalized spacial score (nSPS) is 11.1. The van der Waals surface area contributed by atoms with Crippen molar-refractivity contribution in [3.05, 3.63) is 75.1 Å². The summed E-state index contributed by atoms with van der Waals surface area (Å²) in [5, 5.41) is 4.20. The van der Waals surface area contributed by atoms with Gasteiger partial charge in [0.1, 0.15) is 12.3 Å². The van der Waals surface area contributed by atoms with E-state index in [1.807, 2.05) is 24.4 Å². The second-order valence-corrected chi connectivity index (χ2v) is 6.69. The third kappa shape index (κ3) is 3.64. The van der Waals surface area contributed by atoms with Crippen LogP contribution in [0, 0.1) is 0 Å². The van der Waals surface area contributed by atoms with Crippen molar-refractivity contribution in [1.82, 2.24) is 19.9 Å². The van der Waals surface area contributed by atoms with Crippen LogP contribution in [0.2, 0.25) is 0 Å². The van der Waals surface area contributed by atoms with Gasteiger partial charge in [-0.1, -0.05) is 12.1 Å². The van der Waals surface area contributed by atoms with Crippen molar-refractivity contribution >= 4 is 27.7 Å². The quantitative estimate of drug-likeness (QED) is 0.462. The van der Waals surface area contributed by atoms with Crippen LogP contribution in [-0.4, -0.2) is 34.1 Å². The Bertz CT molecular complexity index is 1320. The first-order valence-corrected chi connectivity index (χ1v) is 9.19. The maximum atomic E-state index is 12.5. The lowest BCUT2D eigenvalue weighted by Gasteiger charge is -2.08. The summed E-state index contributed by atoms with van der Waals surface area (Å²) in [4.78, 5) is 42.7. The molecule has 2 heterocycles. The molecule has 0 saturated heterocycles. The van der Waals surface area contributed by atoms with Gasteiger partial charge in [-0.25, -0.2) is 4.79 Å². The molecule has 0 aliphatic rings. The number of aromatic amines is 2. The first-order valence-electron chi connectivity index (χ1n) is 9.19. The monoisotopic (exact) mass is 392 g/mol. The first-order chi connectivity index (χ1) is 14.1. The third-order valence-electron chi connectivity index (χ3n) is 4.88. The molecule has 0 fully saturated rings. The molecule has 0 saturated carbocycles. The molecule has 1 amide bonds. The summed E-state index contributed by atoms with van der Waals surface area (Å²) >= 11 is 0. The number of nitrogens with zero attached hydrogens (tertiary/aromatic N) is 1. The van der Waals surface area contributed by atoms with Crippen LogP contribution in [0.25, 0.3) is 21.8 Å². The maximum absolute atomic E-state index is 12.5. The van der Waals surface area contributed by atoms with Crippen molar-refractivity contribution in [1.29, 1.82) is 0 Å². The number of para-hydroxylation sites is 1. The van der Waals surface area contributed by atoms with E-state index in [2.05, 4.69) is 15.3 Å². The predicted molar refractivity (Wildman–Crippen MR) is 110 cm³/mol. The second kappa shape index (κ2) is 7.67. The van der Waals surface area contributed by atoms with E-state index < -0.39 is 17.2 Å². The molecule has 0 unspecified atom stereocenters. The fourth-order valence-electron chi connectivity index (χ4n) is 3.38. The van der Waals surface area contributed by atoms with E-state index in [0.29, 0.717) is 23.9 Å². The van der Waals surface area contributed by atoms with Gasteiger partial charge in [-0.3, -0.25) is 14.2 Å². The number of H-pyrrole nitrogens is 2. The molecule has 2 aromatic heterocycles. The zero-order chi connectivity index (χ0) is 20.4. The summed E-state index contributed by atoms with van der Waals surface area (Å²) < 4.78 is 6.13. The molecule has 2 aromatic carbocycles. The second-order valence-electron chi connectivity index (χ2n) is 6.69. The van der Waals surface area contributed by atoms with Crippen LogP contribution in [0.15, 0.2) is 58.3 Å². The van der Waals surface area contributed by atoms with Crippen LogP contribution < -0.4 is 21.3 Å². The molecule has 0 bridgehead atoms. The number of ether oxygens (including phenoxy) is 1. The van der Waals surface area contributed by atoms with Crippen LogP contribution in [0.5, 0.6) is 5.75 Å². The van der Waals surface area contributed by atoms with Gasteiger partial charge in [0.05, 0.1) is 18.0 Å². The highest BCUT2D eigenvalue weighted by Crippen LogP contribution is 2.23. The molecular formula is C21H20N4O4. The van der Waals surface area contributed by atoms with Crippen LogP contribution in [0.1, 0.15) is 5.56 Å². The summed E-state index contributed by atoms with van der Waals surface area (Å²) in [6, 6.07) is 12.5. The molecule has 0 aliphatic heterocycles. The van der Waals surface area contributed by atoms with Crippen LogP contribution >= 0.6 is 0 Å². The number of carbonyl (C=O) groups excluding carboxylic acids is 1. The minimum atomic E-state index is -0.602. The largest absolute Gasteiger partial charge is 0.497 e. The summed E-state index contributed by atoms with van der Waals surface area (Å²) in [6.07, 6.45) is 2.51. The highest BCUT2D eigenvalue weighted by Gasteiger charge is 2.11. The van der Waals surface area contributed by atoms with E-state index in [9.17, 15) is 14.4 Å². The van der Waals surface area contributed by atoms with Gasteiger partial charge in [0.15, 0.2) is 0 Å². The molecule has 3 N–H and O–H groups in total. The summed E-state index contributed by atoms with van der Waals surface area (Å²) in [6.45, 7) is 0.0577. The van der Waals surface area contributed by atoms with E-state index >= 15 is 0 Å². The number of carbonyl (C=O) groups is 1. The Morgan fingerprint density at radius 3 is 2.76 bits per heavy atom. The van der Waals surface area contributed by atoms with Gasteiger partial charge >= 0.3 is 5.69 Å². The highest BCUT2D eigenvalue weighted by molar-refractivity contribution is 5.84. The number of fused-ring (bicyclic) bond motifs is 2. The Morgan fingerprint density at radius 1 is 1.10 bits per heavy atom. The Balaban J connectivity index is 1.43. The lowest BCUT2D eigenvalue weighted by Crippen LogP contribution is -2.41. The zero-order valence-electron chi connectivity index (χ0n) is 15.8. The molecule has 0 spiro atoms. The number of aromatic nitrogens is 3. The number of nitrogens with one attached hydrogen (secondary N) is 3. The number of benzene rings is 2. The lowest BCUT2D eigenvalue weighted by molar-refractivity contribution is -0.121. The molecule has 0 aliphatic carbocycles. The third-order valence-corrected chi connectivity index (χ3v) is 4.88. The maximum Gasteiger partial charge on any atom is 0.329 e. The van der Waals surface area contributed by atoms with Crippen molar-refractivity contribution in [2.75, 3.05) is 13.7 Å². The van der Waals surface area contributed by atoms with E-state index in [-0.39, 0.29) is 6.54 Å². The van der Waals surface area contributed by atoms with Gasteiger partial charge in [-0.2, -0.15) is 0 Å². The molecule has 0 atom stereocenters. The van der Waals surface area contributed by atoms with Crippen molar-refractivity contribution in [2.24, 2.45) is 0 Å². The van der Waals surface area contributed by atoms with E-state index in [1.54, 1.807) is 31.4 Å². The van der Waals surface area contributed by atoms with Crippen molar-refractivity contribution < 1.29 is 9.53 Å². The average molecular weight is 392 g/mol. The number of methoxy groups -OCH3 is 1. The van der Waals surface area contributed by atoms with Crippen molar-refractivity contribution in [2.45, 2.75) is 13.0 Å². The molecule has 8 nitrogen and oxygen atoms in total. The molecule has 4 rings (SSSR count). The van der Waals surface area contributed by atoms with Gasteiger partial charge in [0.2, 0.25) is 5.91 Å². The first kappa shape index (κ1) is 18.5. The predicted octanol–water partition coefficient (Wildman–Crippen LogP) is 1.54. The Morgan fingerprint density at radius 2 is 1.93 bits per heavy atom. The molecule has 8 heteroatoms. The van der Waals surface area contributed by atoms with E-state index in [0.717, 1.165) is 26.8 Å². The van der Waals surface area contributed by atoms with Gasteiger partial charge in [0, 0.05) is 29.7 Å². The SMILES string of the molecule is COc1ccc2c(CCNC(=O)Cn3c(=O)[nH]c4ccccc4c3=O)c[nH]c2c1. The summed E-state index contributed by atoms with van der Waals surface area (Å²) in [5.74, 6) is 0.375. The minimum Gasteiger partial charge on any atom is -0.497 e. The van der Waals surface area contributed by atoms with E-state index in [1.165, 1.54) is 0 Å². The highest BCUT2D eigenvalue weighted by atomic mass is 16.5. The van der Waals surface area contributed by atoms with Gasteiger partial charge in [-0.15, -0.1) is 0 Å². The van der Waals surface area contributed by atoms with Crippen LogP contribution in [-0.2, 0) is 17.8 Å². The summed E-state index contributed by atoms with van der Waals surface area (Å²) in [5.41, 5.74) is 1.39. The van der Waals surface area contributed by atoms with Crippen LogP contribution in [0.3, 0.4) is 0 Å². The van der Waals surface area contributed by atoms with Gasteiger partial charge in [0.25, 0.3) is 5.56 Å². The van der Waals surface area contributed by atoms with Gasteiger partial charge < -0.3 is 20.0 Å². The molecule has 29 heavy (non-hydrogen) atoms. The smallest absolute Gasteiger partial charge is 0.329 e. The Kier molecular flexibility index (Phi) is 4.90. The number of amides is 1. The number of hydrogen-bond donors (Lipinski definition) is 3. The molecule has 4 aromatic rings. The minimum absolute atomic E-state index is 0.329. The molecule has 148 valence electrons. The van der Waals surface area contributed by atoms with Crippen molar-refractivity contribution in [3.63, 3.8) is 0 Å². The molecule has 0 radical (unpaired) electrons. The fourth-order valence-corrected chi connectivity index (χ4v) is 3.38. The topological polar surface area (TPSA) is 109 Å². The fraction of sp³-hybridized carbons (Fsp3) is 0.190.